The molecule has 0 aliphatic carbocycles. The first-order valence-electron chi connectivity index (χ1n) is 5.77. The van der Waals surface area contributed by atoms with Gasteiger partial charge in [0.25, 0.3) is 5.91 Å². The Morgan fingerprint density at radius 3 is 2.83 bits per heavy atom. The second kappa shape index (κ2) is 4.51. The van der Waals surface area contributed by atoms with E-state index in [1.807, 2.05) is 12.1 Å². The Hall–Kier alpha value is -1.73. The maximum Gasteiger partial charge on any atom is 0.277 e. The predicted molar refractivity (Wildman–Crippen MR) is 71.0 cm³/mol. The summed E-state index contributed by atoms with van der Waals surface area (Å²) in [6, 6.07) is 3.83. The van der Waals surface area contributed by atoms with Crippen LogP contribution in [0.15, 0.2) is 12.1 Å². The topological polar surface area (TPSA) is 84.1 Å². The van der Waals surface area contributed by atoms with E-state index < -0.39 is 5.91 Å². The van der Waals surface area contributed by atoms with E-state index in [0.29, 0.717) is 5.01 Å². The fourth-order valence-corrected chi connectivity index (χ4v) is 2.77. The molecule has 1 amide bonds. The molecule has 1 aliphatic rings. The van der Waals surface area contributed by atoms with Gasteiger partial charge >= 0.3 is 0 Å². The third-order valence-electron chi connectivity index (χ3n) is 2.89. The van der Waals surface area contributed by atoms with Gasteiger partial charge in [-0.3, -0.25) is 4.79 Å². The lowest BCUT2D eigenvalue weighted by Gasteiger charge is -2.28. The van der Waals surface area contributed by atoms with Crippen LogP contribution in [0.5, 0.6) is 0 Å². The number of nitrogens with zero attached hydrogens (tertiary/aromatic N) is 3. The lowest BCUT2D eigenvalue weighted by molar-refractivity contribution is 0.1000. The molecule has 1 saturated heterocycles. The minimum atomic E-state index is -0.498. The molecule has 94 valence electrons. The lowest BCUT2D eigenvalue weighted by atomic mass is 10.3. The second-order valence-electron chi connectivity index (χ2n) is 4.11. The number of carbonyl (C=O) groups excluding carboxylic acids is 1. The van der Waals surface area contributed by atoms with Gasteiger partial charge in [-0.1, -0.05) is 11.3 Å². The van der Waals surface area contributed by atoms with Crippen molar-refractivity contribution in [3.63, 3.8) is 0 Å². The van der Waals surface area contributed by atoms with E-state index in [4.69, 9.17) is 5.73 Å². The first-order chi connectivity index (χ1) is 8.74. The predicted octanol–water partition coefficient (Wildman–Crippen LogP) is 0.200. The molecule has 0 bridgehead atoms. The van der Waals surface area contributed by atoms with Crippen LogP contribution in [0.3, 0.4) is 0 Å². The van der Waals surface area contributed by atoms with Crippen molar-refractivity contribution in [1.82, 2.24) is 15.3 Å². The van der Waals surface area contributed by atoms with Crippen LogP contribution in [0, 0.1) is 0 Å². The molecule has 0 atom stereocenters. The summed E-state index contributed by atoms with van der Waals surface area (Å²) in [5.41, 5.74) is 5.95. The van der Waals surface area contributed by atoms with E-state index in [-0.39, 0.29) is 0 Å². The first kappa shape index (κ1) is 11.4. The quantitative estimate of drug-likeness (QED) is 0.808. The normalized spacial score (nSPS) is 16.1. The van der Waals surface area contributed by atoms with E-state index in [1.54, 1.807) is 0 Å². The van der Waals surface area contributed by atoms with Crippen LogP contribution in [0.2, 0.25) is 0 Å². The summed E-state index contributed by atoms with van der Waals surface area (Å²) in [4.78, 5) is 22.8. The van der Waals surface area contributed by atoms with Crippen molar-refractivity contribution in [3.8, 4) is 0 Å². The minimum Gasteiger partial charge on any atom is -0.364 e. The fourth-order valence-electron chi connectivity index (χ4n) is 1.98. The van der Waals surface area contributed by atoms with Gasteiger partial charge in [-0.05, 0) is 12.1 Å². The zero-order valence-corrected chi connectivity index (χ0v) is 10.5. The number of rotatable bonds is 2. The maximum absolute atomic E-state index is 11.1. The summed E-state index contributed by atoms with van der Waals surface area (Å²) in [5.74, 6) is 0.436. The summed E-state index contributed by atoms with van der Waals surface area (Å²) < 4.78 is 0. The van der Waals surface area contributed by atoms with Crippen LogP contribution in [0.1, 0.15) is 9.80 Å². The molecule has 3 N–H and O–H groups in total. The lowest BCUT2D eigenvalue weighted by Crippen LogP contribution is -2.43. The van der Waals surface area contributed by atoms with Crippen LogP contribution < -0.4 is 16.0 Å². The number of primary amides is 1. The van der Waals surface area contributed by atoms with E-state index >= 15 is 0 Å². The summed E-state index contributed by atoms with van der Waals surface area (Å²) in [5, 5.41) is 3.62. The standard InChI is InChI=1S/C11H13N5OS/c12-9(17)11-14-7-1-2-8(15-10(7)18-11)16-5-3-13-4-6-16/h1-2,13H,3-6H2,(H2,12,17). The Morgan fingerprint density at radius 1 is 1.33 bits per heavy atom. The molecule has 2 aromatic rings. The van der Waals surface area contributed by atoms with Crippen LogP contribution in [-0.2, 0) is 0 Å². The third kappa shape index (κ3) is 2.02. The Bertz CT molecular complexity index is 590. The Morgan fingerprint density at radius 2 is 2.11 bits per heavy atom. The van der Waals surface area contributed by atoms with Gasteiger partial charge in [-0.15, -0.1) is 0 Å². The van der Waals surface area contributed by atoms with E-state index in [2.05, 4.69) is 20.2 Å². The minimum absolute atomic E-state index is 0.315. The molecule has 3 rings (SSSR count). The van der Waals surface area contributed by atoms with Gasteiger partial charge in [-0.25, -0.2) is 9.97 Å². The second-order valence-corrected chi connectivity index (χ2v) is 5.09. The average molecular weight is 263 g/mol. The van der Waals surface area contributed by atoms with Crippen molar-refractivity contribution in [2.75, 3.05) is 31.1 Å². The van der Waals surface area contributed by atoms with Gasteiger partial charge in [0.05, 0.1) is 0 Å². The number of amides is 1. The molecule has 7 heteroatoms. The molecule has 18 heavy (non-hydrogen) atoms. The molecular formula is C11H13N5OS. The zero-order valence-electron chi connectivity index (χ0n) is 9.72. The summed E-state index contributed by atoms with van der Waals surface area (Å²) >= 11 is 1.24. The molecule has 2 aromatic heterocycles. The van der Waals surface area contributed by atoms with Crippen molar-refractivity contribution in [1.29, 1.82) is 0 Å². The SMILES string of the molecule is NC(=O)c1nc2ccc(N3CCNCC3)nc2s1. The van der Waals surface area contributed by atoms with Gasteiger partial charge in [0.15, 0.2) is 5.01 Å². The molecule has 6 nitrogen and oxygen atoms in total. The Labute approximate surface area is 108 Å². The van der Waals surface area contributed by atoms with Gasteiger partial charge in [0.2, 0.25) is 0 Å². The highest BCUT2D eigenvalue weighted by molar-refractivity contribution is 7.19. The average Bonchev–Trinajstić information content (AvgIpc) is 2.82. The fraction of sp³-hybridized carbons (Fsp3) is 0.364. The van der Waals surface area contributed by atoms with Gasteiger partial charge in [-0.2, -0.15) is 0 Å². The summed E-state index contributed by atoms with van der Waals surface area (Å²) in [6.07, 6.45) is 0. The smallest absolute Gasteiger partial charge is 0.277 e. The Kier molecular flexibility index (Phi) is 2.85. The molecule has 1 fully saturated rings. The molecule has 1 aliphatic heterocycles. The highest BCUT2D eigenvalue weighted by Crippen LogP contribution is 2.23. The van der Waals surface area contributed by atoms with Crippen LogP contribution in [-0.4, -0.2) is 42.1 Å². The summed E-state index contributed by atoms with van der Waals surface area (Å²) in [7, 11) is 0. The molecule has 3 heterocycles. The molecule has 0 unspecified atom stereocenters. The number of hydrogen-bond donors (Lipinski definition) is 2. The molecule has 0 spiro atoms. The van der Waals surface area contributed by atoms with Gasteiger partial charge in [0, 0.05) is 26.2 Å². The number of nitrogens with one attached hydrogen (secondary N) is 1. The van der Waals surface area contributed by atoms with Crippen LogP contribution in [0.4, 0.5) is 5.82 Å². The van der Waals surface area contributed by atoms with Crippen molar-refractivity contribution >= 4 is 33.4 Å². The molecule has 0 saturated carbocycles. The van der Waals surface area contributed by atoms with E-state index in [0.717, 1.165) is 42.3 Å². The van der Waals surface area contributed by atoms with Crippen molar-refractivity contribution < 1.29 is 4.79 Å². The van der Waals surface area contributed by atoms with E-state index in [9.17, 15) is 4.79 Å². The number of thiazole rings is 1. The number of aromatic nitrogens is 2. The number of carbonyl (C=O) groups is 1. The number of piperazine rings is 1. The largest absolute Gasteiger partial charge is 0.364 e. The zero-order chi connectivity index (χ0) is 12.5. The Balaban J connectivity index is 1.96. The maximum atomic E-state index is 11.1. The monoisotopic (exact) mass is 263 g/mol. The van der Waals surface area contributed by atoms with Crippen molar-refractivity contribution in [3.05, 3.63) is 17.1 Å². The molecular weight excluding hydrogens is 250 g/mol. The third-order valence-corrected chi connectivity index (χ3v) is 3.87. The summed E-state index contributed by atoms with van der Waals surface area (Å²) in [6.45, 7) is 3.82. The molecule has 0 radical (unpaired) electrons. The van der Waals surface area contributed by atoms with Crippen molar-refractivity contribution in [2.24, 2.45) is 5.73 Å². The van der Waals surface area contributed by atoms with Crippen LogP contribution >= 0.6 is 11.3 Å². The number of anilines is 1. The van der Waals surface area contributed by atoms with Crippen LogP contribution in [0.25, 0.3) is 10.3 Å². The number of nitrogens with two attached hydrogens (primary N) is 1. The highest BCUT2D eigenvalue weighted by atomic mass is 32.1. The number of pyridine rings is 1. The van der Waals surface area contributed by atoms with Gasteiger partial charge < -0.3 is 16.0 Å². The molecule has 0 aromatic carbocycles. The first-order valence-corrected chi connectivity index (χ1v) is 6.59. The van der Waals surface area contributed by atoms with Gasteiger partial charge in [0.1, 0.15) is 16.2 Å². The van der Waals surface area contributed by atoms with Crippen molar-refractivity contribution in [2.45, 2.75) is 0 Å². The number of hydrogen-bond acceptors (Lipinski definition) is 6. The van der Waals surface area contributed by atoms with E-state index in [1.165, 1.54) is 11.3 Å². The number of fused-ring (bicyclic) bond motifs is 1. The highest BCUT2D eigenvalue weighted by Gasteiger charge is 2.14.